The second-order valence-corrected chi connectivity index (χ2v) is 31.8. The van der Waals surface area contributed by atoms with Crippen molar-refractivity contribution in [3.05, 3.63) is 65.7 Å². The molecule has 3 saturated heterocycles. The monoisotopic (exact) mass is 1600 g/mol. The molecule has 0 bridgehead atoms. The maximum atomic E-state index is 15.0. The molecule has 2 aromatic rings. The summed E-state index contributed by atoms with van der Waals surface area (Å²) in [5.41, 5.74) is 6.46. The Bertz CT molecular complexity index is 3360. The van der Waals surface area contributed by atoms with Crippen molar-refractivity contribution in [3.8, 4) is 5.75 Å². The number of aliphatic hydroxyl groups is 7. The van der Waals surface area contributed by atoms with Crippen molar-refractivity contribution in [2.24, 2.45) is 35.3 Å². The second kappa shape index (κ2) is 48.5. The molecule has 2 aromatic carbocycles. The van der Waals surface area contributed by atoms with E-state index in [1.54, 1.807) is 30.3 Å². The largest absolute Gasteiger partial charge is 0.508 e. The van der Waals surface area contributed by atoms with Crippen molar-refractivity contribution in [2.45, 2.75) is 268 Å². The van der Waals surface area contributed by atoms with E-state index in [2.05, 4.69) is 63.3 Å². The van der Waals surface area contributed by atoms with Crippen LogP contribution in [0.4, 0.5) is 0 Å². The Morgan fingerprint density at radius 3 is 1.96 bits per heavy atom. The first-order chi connectivity index (χ1) is 53.2. The van der Waals surface area contributed by atoms with E-state index in [-0.39, 0.29) is 75.4 Å². The van der Waals surface area contributed by atoms with E-state index in [9.17, 15) is 93.6 Å². The summed E-state index contributed by atoms with van der Waals surface area (Å²) in [5.74, 6) is -12.6. The minimum absolute atomic E-state index is 0.000434. The SMILES string of the molecule is CC[C@H](C)C[C@H](C)CCCCCCCCC(=O)C[C@H]1C[C@@H](O)[C@@H](OCCNC(=O)CCNC(=O)[C@H](Cc2ccccc2)NC(=O)[C@H](CC(C)C)NC(=O)[C@H](CCSC)NC(C)=O)NC(=O)[C@@H]2[C@@H](O)CCN2C(=O)[C@H]([C@H](O)CCN)NC(=O)[C@H]([C@H](O)[C@@H](O)c2ccc(O)cc2)CC(=O)[C@@H]2C[C@@H](O)CN2C(=O)[C@H]([C@@H](C)O)NC1=O. The number of nitrogens with one attached hydrogen (secondary N) is 8. The quantitative estimate of drug-likeness (QED) is 0.0403. The van der Waals surface area contributed by atoms with Crippen LogP contribution in [0.1, 0.15) is 188 Å². The fourth-order valence-corrected chi connectivity index (χ4v) is 14.9. The van der Waals surface area contributed by atoms with Gasteiger partial charge in [0.25, 0.3) is 0 Å². The van der Waals surface area contributed by atoms with Gasteiger partial charge in [0.15, 0.2) is 12.0 Å². The van der Waals surface area contributed by atoms with Gasteiger partial charge in [-0.1, -0.05) is 122 Å². The second-order valence-electron chi connectivity index (χ2n) is 30.8. The topological polar surface area (TPSA) is 505 Å². The third kappa shape index (κ3) is 30.9. The molecule has 19 atom stereocenters. The molecule has 0 aromatic heterocycles. The maximum absolute atomic E-state index is 15.0. The lowest BCUT2D eigenvalue weighted by Gasteiger charge is -2.34. The Morgan fingerprint density at radius 2 is 1.31 bits per heavy atom. The number of ketones is 2. The van der Waals surface area contributed by atoms with E-state index in [0.717, 1.165) is 61.7 Å². The molecule has 18 N–H and O–H groups in total. The maximum Gasteiger partial charge on any atom is 0.248 e. The van der Waals surface area contributed by atoms with Gasteiger partial charge in [-0.25, -0.2) is 0 Å². The van der Waals surface area contributed by atoms with Crippen molar-refractivity contribution in [2.75, 3.05) is 51.3 Å². The summed E-state index contributed by atoms with van der Waals surface area (Å²) in [6.45, 7) is 10.4. The number of benzene rings is 2. The number of rotatable bonds is 41. The summed E-state index contributed by atoms with van der Waals surface area (Å²) in [5, 5.41) is 113. The van der Waals surface area contributed by atoms with Gasteiger partial charge in [-0.05, 0) is 111 Å². The van der Waals surface area contributed by atoms with Crippen LogP contribution in [0.5, 0.6) is 5.75 Å². The number of Topliss-reactive ketones (excluding diaryl/α,β-unsaturated/α-hetero) is 2. The number of ether oxygens (including phenoxy) is 1. The van der Waals surface area contributed by atoms with E-state index in [4.69, 9.17) is 10.5 Å². The number of amides is 10. The number of nitrogens with two attached hydrogens (primary N) is 1. The number of nitrogens with zero attached hydrogens (tertiary/aromatic N) is 2. The number of hydrogen-bond donors (Lipinski definition) is 17. The molecule has 32 nitrogen and oxygen atoms in total. The zero-order valence-corrected chi connectivity index (χ0v) is 66.9. The van der Waals surface area contributed by atoms with Crippen LogP contribution in [-0.4, -0.2) is 258 Å². The van der Waals surface area contributed by atoms with Crippen LogP contribution in [0, 0.1) is 29.6 Å². The predicted molar refractivity (Wildman–Crippen MR) is 416 cm³/mol. The van der Waals surface area contributed by atoms with Gasteiger partial charge in [0, 0.05) is 77.5 Å². The molecule has 33 heteroatoms. The third-order valence-corrected chi connectivity index (χ3v) is 21.5. The third-order valence-electron chi connectivity index (χ3n) is 20.9. The minimum Gasteiger partial charge on any atom is -0.508 e. The lowest BCUT2D eigenvalue weighted by Crippen LogP contribution is -2.61. The molecule has 0 saturated carbocycles. The summed E-state index contributed by atoms with van der Waals surface area (Å²) in [4.78, 5) is 173. The predicted octanol–water partition coefficient (Wildman–Crippen LogP) is 0.476. The molecule has 3 heterocycles. The van der Waals surface area contributed by atoms with Gasteiger partial charge < -0.3 is 104 Å². The molecule has 0 aliphatic carbocycles. The van der Waals surface area contributed by atoms with Crippen LogP contribution in [0.25, 0.3) is 0 Å². The van der Waals surface area contributed by atoms with Crippen LogP contribution in [0.2, 0.25) is 0 Å². The van der Waals surface area contributed by atoms with Crippen LogP contribution < -0.4 is 48.3 Å². The molecule has 112 heavy (non-hydrogen) atoms. The molecule has 5 rings (SSSR count). The minimum atomic E-state index is -2.24. The fourth-order valence-electron chi connectivity index (χ4n) is 14.4. The smallest absolute Gasteiger partial charge is 0.248 e. The molecule has 0 spiro atoms. The Labute approximate surface area is 661 Å². The van der Waals surface area contributed by atoms with Crippen molar-refractivity contribution in [1.82, 2.24) is 52.3 Å². The van der Waals surface area contributed by atoms with E-state index in [1.165, 1.54) is 43.0 Å². The highest BCUT2D eigenvalue weighted by atomic mass is 32.2. The molecule has 3 fully saturated rings. The van der Waals surface area contributed by atoms with E-state index >= 15 is 4.79 Å². The standard InChI is InChI=1S/C79H125N11O21S/c1-9-46(4)38-47(5)19-15-12-10-11-13-18-22-54(94)40-52-41-64(99)77(111-35-33-81-65(100)28-32-82-73(105)59(39-50-20-16-14-17-21-50)85-75(107)58(37-45(2)3)84-74(106)57(30-36-112-8)83-49(7)92)88-76(108)68-62(97)29-34-89(68)79(110)67(61(96)27-31-80)87-72(104)56(70(102)69(101)51-23-25-53(93)26-24-51)43-63(98)60-42-55(95)44-90(60)78(109)66(48(6)91)86-71(52)103/h14,16-17,20-21,23-26,45-48,52,55-62,64,66-70,77,91,93,95-97,99,101-102H,9-13,15,18-19,22,27-44,80H2,1-8H3,(H,81,100)(H,82,105)(H,83,92)(H,84,106)(H,85,107)(H,86,103)(H,87,104)(H,88,108)/t46-,47+,48+,52-,55+,56-,57-,58-,59-,60-,61+,62-,64+,66-,67-,68-,69-,70-,77+/m0/s1. The highest BCUT2D eigenvalue weighted by Crippen LogP contribution is 2.32. The lowest BCUT2D eigenvalue weighted by atomic mass is 9.86. The summed E-state index contributed by atoms with van der Waals surface area (Å²) >= 11 is 1.47. The summed E-state index contributed by atoms with van der Waals surface area (Å²) in [6.07, 6.45) is -8.20. The van der Waals surface area contributed by atoms with Crippen LogP contribution in [0.15, 0.2) is 54.6 Å². The zero-order valence-electron chi connectivity index (χ0n) is 66.1. The van der Waals surface area contributed by atoms with Crippen LogP contribution in [-0.2, 0) is 68.7 Å². The van der Waals surface area contributed by atoms with Gasteiger partial charge in [-0.3, -0.25) is 57.5 Å². The van der Waals surface area contributed by atoms with Crippen molar-refractivity contribution < 1.29 is 103 Å². The van der Waals surface area contributed by atoms with E-state index in [0.29, 0.717) is 36.0 Å². The number of phenolic OH excluding ortho intramolecular Hbond substituents is 1. The average Bonchev–Trinajstić information content (AvgIpc) is 1.63. The number of unbranched alkanes of at least 4 members (excludes halogenated alkanes) is 5. The Kier molecular flexibility index (Phi) is 41.1. The van der Waals surface area contributed by atoms with E-state index in [1.807, 2.05) is 20.1 Å². The number of phenols is 1. The number of thioether (sulfide) groups is 1. The van der Waals surface area contributed by atoms with Crippen molar-refractivity contribution in [1.29, 1.82) is 0 Å². The van der Waals surface area contributed by atoms with Crippen LogP contribution >= 0.6 is 11.8 Å². The Balaban J connectivity index is 1.46. The van der Waals surface area contributed by atoms with Crippen molar-refractivity contribution >= 4 is 82.4 Å². The first-order valence-electron chi connectivity index (χ1n) is 39.6. The highest BCUT2D eigenvalue weighted by Gasteiger charge is 2.49. The zero-order chi connectivity index (χ0) is 82.9. The molecule has 628 valence electrons. The first kappa shape index (κ1) is 94.9. The lowest BCUT2D eigenvalue weighted by molar-refractivity contribution is -0.150. The van der Waals surface area contributed by atoms with Gasteiger partial charge in [0.1, 0.15) is 53.9 Å². The number of hydrogen-bond acceptors (Lipinski definition) is 23. The molecule has 0 radical (unpaired) electrons. The Hall–Kier alpha value is -7.73. The molecular weight excluding hydrogens is 1470 g/mol. The fraction of sp³-hybridized carbons (Fsp3) is 0.696. The van der Waals surface area contributed by atoms with E-state index < -0.39 is 226 Å². The number of aliphatic hydroxyl groups excluding tert-OH is 7. The normalized spacial score (nSPS) is 24.1. The molecule has 0 unspecified atom stereocenters. The Morgan fingerprint density at radius 1 is 0.670 bits per heavy atom. The number of carbonyl (C=O) groups excluding carboxylic acids is 12. The van der Waals surface area contributed by atoms with Crippen LogP contribution in [0.3, 0.4) is 0 Å². The highest BCUT2D eigenvalue weighted by molar-refractivity contribution is 7.98. The summed E-state index contributed by atoms with van der Waals surface area (Å²) in [6, 6.07) is 2.72. The molecule has 10 amide bonds. The number of carbonyl (C=O) groups is 12. The summed E-state index contributed by atoms with van der Waals surface area (Å²) < 4.78 is 6.10. The average molecular weight is 1600 g/mol. The van der Waals surface area contributed by atoms with Crippen molar-refractivity contribution in [3.63, 3.8) is 0 Å². The molecule has 3 aliphatic heterocycles. The number of fused-ring (bicyclic) bond motifs is 2. The van der Waals surface area contributed by atoms with Gasteiger partial charge in [-0.2, -0.15) is 11.8 Å². The van der Waals surface area contributed by atoms with Gasteiger partial charge >= 0.3 is 0 Å². The van der Waals surface area contributed by atoms with Gasteiger partial charge in [0.05, 0.1) is 55.2 Å². The van der Waals surface area contributed by atoms with Gasteiger partial charge in [-0.15, -0.1) is 0 Å². The number of aromatic hydroxyl groups is 1. The molecule has 3 aliphatic rings. The summed E-state index contributed by atoms with van der Waals surface area (Å²) in [7, 11) is 0. The first-order valence-corrected chi connectivity index (χ1v) is 41.0. The van der Waals surface area contributed by atoms with Gasteiger partial charge in [0.2, 0.25) is 59.1 Å². The molecular formula is C79H125N11O21S.